The normalized spacial score (nSPS) is 23.8. The van der Waals surface area contributed by atoms with Crippen molar-refractivity contribution >= 4 is 17.4 Å². The summed E-state index contributed by atoms with van der Waals surface area (Å²) in [5.41, 5.74) is 1.85. The van der Waals surface area contributed by atoms with Crippen LogP contribution in [0.25, 0.3) is 0 Å². The first-order chi connectivity index (χ1) is 11.6. The maximum atomic E-state index is 12.1. The highest BCUT2D eigenvalue weighted by Crippen LogP contribution is 2.35. The second-order valence-corrected chi connectivity index (χ2v) is 6.56. The number of hydrogen-bond acceptors (Lipinski definition) is 5. The van der Waals surface area contributed by atoms with Crippen LogP contribution in [-0.2, 0) is 14.3 Å². The number of rotatable bonds is 6. The zero-order valence-corrected chi connectivity index (χ0v) is 14.4. The number of nitrogens with zero attached hydrogens (tertiary/aromatic N) is 1. The predicted octanol–water partition coefficient (Wildman–Crippen LogP) is 2.83. The van der Waals surface area contributed by atoms with Crippen molar-refractivity contribution in [3.05, 3.63) is 29.8 Å². The number of Topliss-reactive ketones (excluding diaryl/α,β-unsaturated/α-hetero) is 1. The highest BCUT2D eigenvalue weighted by Gasteiger charge is 2.46. The maximum Gasteiger partial charge on any atom is 0.311 e. The lowest BCUT2D eigenvalue weighted by Crippen LogP contribution is -2.38. The fraction of sp³-hybridized carbons (Fsp3) is 0.579. The molecule has 1 saturated heterocycles. The largest absolute Gasteiger partial charge is 0.462 e. The minimum atomic E-state index is -0.0993. The molecule has 3 rings (SSSR count). The smallest absolute Gasteiger partial charge is 0.311 e. The third kappa shape index (κ3) is 3.96. The molecular formula is C19H25NO4. The van der Waals surface area contributed by atoms with Crippen molar-refractivity contribution in [3.63, 3.8) is 0 Å². The summed E-state index contributed by atoms with van der Waals surface area (Å²) in [5, 5.41) is 0. The number of carbonyl (C=O) groups excluding carboxylic acids is 2. The molecule has 1 aromatic carbocycles. The molecule has 1 heterocycles. The molecule has 1 saturated carbocycles. The van der Waals surface area contributed by atoms with Gasteiger partial charge in [-0.3, -0.25) is 9.59 Å². The van der Waals surface area contributed by atoms with Crippen molar-refractivity contribution in [2.75, 3.05) is 24.6 Å². The summed E-state index contributed by atoms with van der Waals surface area (Å²) >= 11 is 0. The van der Waals surface area contributed by atoms with Crippen LogP contribution in [0.3, 0.4) is 0 Å². The molecule has 0 aromatic heterocycles. The van der Waals surface area contributed by atoms with Gasteiger partial charge in [-0.1, -0.05) is 0 Å². The van der Waals surface area contributed by atoms with Gasteiger partial charge in [0.05, 0.1) is 12.0 Å². The molecule has 1 aromatic rings. The lowest BCUT2D eigenvalue weighted by Gasteiger charge is -2.33. The maximum absolute atomic E-state index is 12.1. The number of carbonyl (C=O) groups is 2. The van der Waals surface area contributed by atoms with Crippen molar-refractivity contribution in [1.82, 2.24) is 0 Å². The van der Waals surface area contributed by atoms with Gasteiger partial charge in [0.1, 0.15) is 6.10 Å². The average molecular weight is 331 g/mol. The molecule has 5 nitrogen and oxygen atoms in total. The molecule has 5 heteroatoms. The van der Waals surface area contributed by atoms with E-state index in [1.807, 2.05) is 31.2 Å². The summed E-state index contributed by atoms with van der Waals surface area (Å²) in [7, 11) is 0. The van der Waals surface area contributed by atoms with Gasteiger partial charge in [-0.2, -0.15) is 0 Å². The fourth-order valence-electron chi connectivity index (χ4n) is 3.21. The second kappa shape index (κ2) is 7.34. The second-order valence-electron chi connectivity index (χ2n) is 6.56. The fourth-order valence-corrected chi connectivity index (χ4v) is 3.21. The first-order valence-corrected chi connectivity index (χ1v) is 8.76. The number of hydrogen-bond donors (Lipinski definition) is 0. The Kier molecular flexibility index (Phi) is 5.19. The topological polar surface area (TPSA) is 55.8 Å². The van der Waals surface area contributed by atoms with Crippen LogP contribution in [0.2, 0.25) is 0 Å². The van der Waals surface area contributed by atoms with Crippen LogP contribution < -0.4 is 4.90 Å². The summed E-state index contributed by atoms with van der Waals surface area (Å²) < 4.78 is 11.1. The Balaban J connectivity index is 1.45. The first-order valence-electron chi connectivity index (χ1n) is 8.76. The molecule has 2 aliphatic rings. The number of anilines is 1. The van der Waals surface area contributed by atoms with Crippen molar-refractivity contribution in [2.45, 2.75) is 45.3 Å². The highest BCUT2D eigenvalue weighted by molar-refractivity contribution is 5.94. The molecule has 0 spiro atoms. The molecule has 0 bridgehead atoms. The van der Waals surface area contributed by atoms with Gasteiger partial charge >= 0.3 is 5.97 Å². The van der Waals surface area contributed by atoms with Gasteiger partial charge in [0, 0.05) is 43.8 Å². The zero-order valence-electron chi connectivity index (χ0n) is 14.4. The number of benzene rings is 1. The summed E-state index contributed by atoms with van der Waals surface area (Å²) in [6.45, 7) is 5.88. The van der Waals surface area contributed by atoms with Crippen molar-refractivity contribution in [3.8, 4) is 0 Å². The van der Waals surface area contributed by atoms with Crippen molar-refractivity contribution < 1.29 is 19.1 Å². The van der Waals surface area contributed by atoms with E-state index in [2.05, 4.69) is 4.90 Å². The molecule has 0 radical (unpaired) electrons. The van der Waals surface area contributed by atoms with Gasteiger partial charge in [0.15, 0.2) is 5.78 Å². The third-order valence-corrected chi connectivity index (χ3v) is 4.78. The van der Waals surface area contributed by atoms with Gasteiger partial charge in [-0.25, -0.2) is 0 Å². The van der Waals surface area contributed by atoms with E-state index in [-0.39, 0.29) is 29.9 Å². The van der Waals surface area contributed by atoms with E-state index in [0.717, 1.165) is 43.6 Å². The van der Waals surface area contributed by atoms with Gasteiger partial charge in [0.25, 0.3) is 0 Å². The van der Waals surface area contributed by atoms with E-state index in [1.165, 1.54) is 0 Å². The van der Waals surface area contributed by atoms with Crippen LogP contribution in [0, 0.1) is 5.92 Å². The van der Waals surface area contributed by atoms with E-state index < -0.39 is 0 Å². The Hall–Kier alpha value is -1.88. The van der Waals surface area contributed by atoms with Crippen LogP contribution in [0.4, 0.5) is 5.69 Å². The third-order valence-electron chi connectivity index (χ3n) is 4.78. The highest BCUT2D eigenvalue weighted by atomic mass is 16.6. The predicted molar refractivity (Wildman–Crippen MR) is 91.3 cm³/mol. The Morgan fingerprint density at radius 2 is 1.83 bits per heavy atom. The van der Waals surface area contributed by atoms with Gasteiger partial charge in [-0.05, 0) is 44.5 Å². The number of ketones is 1. The summed E-state index contributed by atoms with van der Waals surface area (Å²) in [6, 6.07) is 7.70. The molecule has 0 N–H and O–H groups in total. The minimum absolute atomic E-state index is 0.00752. The molecule has 2 fully saturated rings. The first kappa shape index (κ1) is 17.0. The summed E-state index contributed by atoms with van der Waals surface area (Å²) in [4.78, 5) is 25.7. The Bertz CT molecular complexity index is 590. The van der Waals surface area contributed by atoms with Crippen molar-refractivity contribution in [1.29, 1.82) is 0 Å². The standard InChI is InChI=1S/C19H25NO4/c1-3-23-18-12-17(18)19(22)24-16-8-10-20(11-9-16)15-6-4-14(5-7-15)13(2)21/h4-7,16-18H,3,8-12H2,1-2H3. The summed E-state index contributed by atoms with van der Waals surface area (Å²) in [6.07, 6.45) is 2.56. The molecule has 2 atom stereocenters. The molecule has 2 unspecified atom stereocenters. The van der Waals surface area contributed by atoms with Gasteiger partial charge in [0.2, 0.25) is 0 Å². The van der Waals surface area contributed by atoms with Crippen LogP contribution >= 0.6 is 0 Å². The van der Waals surface area contributed by atoms with Crippen LogP contribution in [0.15, 0.2) is 24.3 Å². The molecule has 24 heavy (non-hydrogen) atoms. The number of ether oxygens (including phenoxy) is 2. The molecular weight excluding hydrogens is 306 g/mol. The number of esters is 1. The van der Waals surface area contributed by atoms with Crippen molar-refractivity contribution in [2.24, 2.45) is 5.92 Å². The Morgan fingerprint density at radius 1 is 1.17 bits per heavy atom. The Morgan fingerprint density at radius 3 is 2.42 bits per heavy atom. The SMILES string of the molecule is CCOC1CC1C(=O)OC1CCN(c2ccc(C(C)=O)cc2)CC1. The van der Waals surface area contributed by atoms with Gasteiger partial charge in [-0.15, -0.1) is 0 Å². The minimum Gasteiger partial charge on any atom is -0.462 e. The van der Waals surface area contributed by atoms with E-state index in [0.29, 0.717) is 6.61 Å². The van der Waals surface area contributed by atoms with Crippen LogP contribution in [0.1, 0.15) is 43.5 Å². The Labute approximate surface area is 142 Å². The molecule has 0 amide bonds. The van der Waals surface area contributed by atoms with E-state index >= 15 is 0 Å². The van der Waals surface area contributed by atoms with Crippen LogP contribution in [0.5, 0.6) is 0 Å². The quantitative estimate of drug-likeness (QED) is 0.593. The van der Waals surface area contributed by atoms with Crippen LogP contribution in [-0.4, -0.2) is 43.7 Å². The lowest BCUT2D eigenvalue weighted by atomic mass is 10.1. The lowest BCUT2D eigenvalue weighted by molar-refractivity contribution is -0.152. The summed E-state index contributed by atoms with van der Waals surface area (Å²) in [5.74, 6) is -0.0718. The average Bonchev–Trinajstić information content (AvgIpc) is 3.35. The molecule has 130 valence electrons. The van der Waals surface area contributed by atoms with E-state index in [9.17, 15) is 9.59 Å². The zero-order chi connectivity index (χ0) is 17.1. The molecule has 1 aliphatic heterocycles. The van der Waals surface area contributed by atoms with E-state index in [1.54, 1.807) is 6.92 Å². The number of piperidine rings is 1. The molecule has 1 aliphatic carbocycles. The van der Waals surface area contributed by atoms with E-state index in [4.69, 9.17) is 9.47 Å². The van der Waals surface area contributed by atoms with Gasteiger partial charge < -0.3 is 14.4 Å². The monoisotopic (exact) mass is 331 g/mol.